The first-order valence-electron chi connectivity index (χ1n) is 3.61. The minimum absolute atomic E-state index is 0.226. The average molecular weight is 165 g/mol. The molecule has 1 rings (SSSR count). The number of anilines is 1. The Balaban J connectivity index is 3.16. The van der Waals surface area contributed by atoms with Crippen molar-refractivity contribution in [3.8, 4) is 0 Å². The summed E-state index contributed by atoms with van der Waals surface area (Å²) in [5.41, 5.74) is 0.964. The van der Waals surface area contributed by atoms with Crippen LogP contribution in [-0.2, 0) is 0 Å². The Kier molecular flexibility index (Phi) is 2.38. The first-order valence-corrected chi connectivity index (χ1v) is 3.61. The second-order valence-electron chi connectivity index (χ2n) is 2.75. The van der Waals surface area contributed by atoms with E-state index in [1.54, 1.807) is 6.20 Å². The third-order valence-corrected chi connectivity index (χ3v) is 1.49. The van der Waals surface area contributed by atoms with E-state index in [0.717, 1.165) is 11.4 Å². The van der Waals surface area contributed by atoms with Gasteiger partial charge in [-0.2, -0.15) is 0 Å². The van der Waals surface area contributed by atoms with Gasteiger partial charge in [0.05, 0.1) is 0 Å². The molecule has 12 heavy (non-hydrogen) atoms. The van der Waals surface area contributed by atoms with E-state index in [1.165, 1.54) is 0 Å². The normalized spacial score (nSPS) is 9.58. The molecule has 0 fully saturated rings. The van der Waals surface area contributed by atoms with Gasteiger partial charge in [-0.25, -0.2) is 9.97 Å². The number of aldehydes is 1. The Morgan fingerprint density at radius 2 is 2.17 bits per heavy atom. The molecule has 0 atom stereocenters. The standard InChI is InChI=1S/C8H11N3O/c1-6-4-9-7(5-12)10-8(6)11(2)3/h4-5H,1-3H3. The molecular weight excluding hydrogens is 154 g/mol. The van der Waals surface area contributed by atoms with Crippen LogP contribution in [-0.4, -0.2) is 30.3 Å². The van der Waals surface area contributed by atoms with Crippen molar-refractivity contribution in [3.05, 3.63) is 17.6 Å². The molecule has 1 aromatic rings. The molecule has 1 heterocycles. The maximum Gasteiger partial charge on any atom is 0.194 e. The van der Waals surface area contributed by atoms with Crippen molar-refractivity contribution in [3.63, 3.8) is 0 Å². The van der Waals surface area contributed by atoms with Crippen LogP contribution in [0.1, 0.15) is 16.2 Å². The highest BCUT2D eigenvalue weighted by Crippen LogP contribution is 2.11. The third kappa shape index (κ3) is 1.58. The molecule has 0 N–H and O–H groups in total. The Morgan fingerprint density at radius 3 is 2.67 bits per heavy atom. The summed E-state index contributed by atoms with van der Waals surface area (Å²) in [7, 11) is 3.76. The zero-order valence-corrected chi connectivity index (χ0v) is 7.40. The van der Waals surface area contributed by atoms with Crippen LogP contribution in [0.3, 0.4) is 0 Å². The lowest BCUT2D eigenvalue weighted by molar-refractivity contribution is 0.111. The molecule has 1 aromatic heterocycles. The van der Waals surface area contributed by atoms with Crippen molar-refractivity contribution < 1.29 is 4.79 Å². The van der Waals surface area contributed by atoms with E-state index < -0.39 is 0 Å². The molecule has 4 nitrogen and oxygen atoms in total. The maximum atomic E-state index is 10.3. The fraction of sp³-hybridized carbons (Fsp3) is 0.375. The molecule has 0 unspecified atom stereocenters. The Morgan fingerprint density at radius 1 is 1.50 bits per heavy atom. The van der Waals surface area contributed by atoms with Crippen LogP contribution >= 0.6 is 0 Å². The number of carbonyl (C=O) groups is 1. The van der Waals surface area contributed by atoms with E-state index in [1.807, 2.05) is 25.9 Å². The van der Waals surface area contributed by atoms with Crippen LogP contribution in [0.25, 0.3) is 0 Å². The predicted octanol–water partition coefficient (Wildman–Crippen LogP) is 0.664. The summed E-state index contributed by atoms with van der Waals surface area (Å²) in [6.07, 6.45) is 2.29. The lowest BCUT2D eigenvalue weighted by Crippen LogP contribution is -2.13. The number of rotatable bonds is 2. The van der Waals surface area contributed by atoms with Crippen molar-refractivity contribution in [1.82, 2.24) is 9.97 Å². The summed E-state index contributed by atoms with van der Waals surface area (Å²) < 4.78 is 0. The van der Waals surface area contributed by atoms with Crippen molar-refractivity contribution in [2.75, 3.05) is 19.0 Å². The van der Waals surface area contributed by atoms with Gasteiger partial charge in [-0.05, 0) is 6.92 Å². The van der Waals surface area contributed by atoms with Gasteiger partial charge in [0.25, 0.3) is 0 Å². The van der Waals surface area contributed by atoms with Gasteiger partial charge in [-0.1, -0.05) is 0 Å². The van der Waals surface area contributed by atoms with E-state index in [9.17, 15) is 4.79 Å². The topological polar surface area (TPSA) is 46.1 Å². The Hall–Kier alpha value is -1.45. The van der Waals surface area contributed by atoms with Gasteiger partial charge >= 0.3 is 0 Å². The molecule has 0 aliphatic rings. The van der Waals surface area contributed by atoms with Crippen molar-refractivity contribution in [2.45, 2.75) is 6.92 Å². The summed E-state index contributed by atoms with van der Waals surface area (Å²) in [5.74, 6) is 1.01. The molecule has 0 spiro atoms. The second kappa shape index (κ2) is 3.30. The number of nitrogens with zero attached hydrogens (tertiary/aromatic N) is 3. The van der Waals surface area contributed by atoms with E-state index >= 15 is 0 Å². The molecular formula is C8H11N3O. The van der Waals surface area contributed by atoms with Crippen LogP contribution in [0, 0.1) is 6.92 Å². The smallest absolute Gasteiger partial charge is 0.194 e. The van der Waals surface area contributed by atoms with Gasteiger partial charge in [-0.15, -0.1) is 0 Å². The molecule has 0 amide bonds. The highest BCUT2D eigenvalue weighted by molar-refractivity contribution is 5.69. The first-order chi connectivity index (χ1) is 5.65. The predicted molar refractivity (Wildman–Crippen MR) is 46.5 cm³/mol. The zero-order valence-electron chi connectivity index (χ0n) is 7.40. The maximum absolute atomic E-state index is 10.3. The number of hydrogen-bond acceptors (Lipinski definition) is 4. The summed E-state index contributed by atoms with van der Waals surface area (Å²) in [4.78, 5) is 20.1. The van der Waals surface area contributed by atoms with Crippen molar-refractivity contribution in [1.29, 1.82) is 0 Å². The van der Waals surface area contributed by atoms with Crippen LogP contribution in [0.4, 0.5) is 5.82 Å². The van der Waals surface area contributed by atoms with Gasteiger partial charge in [0.15, 0.2) is 12.1 Å². The minimum Gasteiger partial charge on any atom is -0.362 e. The molecule has 64 valence electrons. The van der Waals surface area contributed by atoms with Crippen LogP contribution in [0.2, 0.25) is 0 Å². The quantitative estimate of drug-likeness (QED) is 0.604. The van der Waals surface area contributed by atoms with Gasteiger partial charge in [-0.3, -0.25) is 4.79 Å². The summed E-state index contributed by atoms with van der Waals surface area (Å²) in [5, 5.41) is 0. The molecule has 0 aliphatic heterocycles. The number of hydrogen-bond donors (Lipinski definition) is 0. The molecule has 0 radical (unpaired) electrons. The van der Waals surface area contributed by atoms with Gasteiger partial charge in [0.2, 0.25) is 0 Å². The highest BCUT2D eigenvalue weighted by atomic mass is 16.1. The van der Waals surface area contributed by atoms with Crippen molar-refractivity contribution >= 4 is 12.1 Å². The van der Waals surface area contributed by atoms with E-state index in [0.29, 0.717) is 6.29 Å². The van der Waals surface area contributed by atoms with Gasteiger partial charge < -0.3 is 4.90 Å². The molecule has 0 aliphatic carbocycles. The zero-order chi connectivity index (χ0) is 9.14. The van der Waals surface area contributed by atoms with Crippen LogP contribution in [0.5, 0.6) is 0 Å². The Bertz CT molecular complexity index is 296. The molecule has 4 heteroatoms. The molecule has 0 saturated carbocycles. The highest BCUT2D eigenvalue weighted by Gasteiger charge is 2.03. The third-order valence-electron chi connectivity index (χ3n) is 1.49. The largest absolute Gasteiger partial charge is 0.362 e. The molecule has 0 saturated heterocycles. The van der Waals surface area contributed by atoms with Crippen LogP contribution < -0.4 is 4.90 Å². The van der Waals surface area contributed by atoms with E-state index in [2.05, 4.69) is 9.97 Å². The number of carbonyl (C=O) groups excluding carboxylic acids is 1. The minimum atomic E-state index is 0.226. The second-order valence-corrected chi connectivity index (χ2v) is 2.75. The SMILES string of the molecule is Cc1cnc(C=O)nc1N(C)C. The van der Waals surface area contributed by atoms with E-state index in [-0.39, 0.29) is 5.82 Å². The summed E-state index contributed by atoms with van der Waals surface area (Å²) in [6, 6.07) is 0. The van der Waals surface area contributed by atoms with Crippen LogP contribution in [0.15, 0.2) is 6.20 Å². The average Bonchev–Trinajstić information content (AvgIpc) is 2.05. The summed E-state index contributed by atoms with van der Waals surface area (Å²) in [6.45, 7) is 1.91. The lowest BCUT2D eigenvalue weighted by atomic mass is 10.3. The van der Waals surface area contributed by atoms with Crippen molar-refractivity contribution in [2.24, 2.45) is 0 Å². The number of aryl methyl sites for hydroxylation is 1. The monoisotopic (exact) mass is 165 g/mol. The lowest BCUT2D eigenvalue weighted by Gasteiger charge is -2.13. The Labute approximate surface area is 71.3 Å². The molecule has 0 bridgehead atoms. The summed E-state index contributed by atoms with van der Waals surface area (Å²) >= 11 is 0. The van der Waals surface area contributed by atoms with E-state index in [4.69, 9.17) is 0 Å². The van der Waals surface area contributed by atoms with Gasteiger partial charge in [0, 0.05) is 25.9 Å². The molecule has 0 aromatic carbocycles. The van der Waals surface area contributed by atoms with Gasteiger partial charge in [0.1, 0.15) is 5.82 Å². The number of aromatic nitrogens is 2. The fourth-order valence-electron chi connectivity index (χ4n) is 0.956. The fourth-order valence-corrected chi connectivity index (χ4v) is 0.956. The first kappa shape index (κ1) is 8.64.